The number of amides is 1. The lowest BCUT2D eigenvalue weighted by molar-refractivity contribution is -0.147. The fourth-order valence-corrected chi connectivity index (χ4v) is 2.63. The van der Waals surface area contributed by atoms with E-state index in [1.807, 2.05) is 19.1 Å². The van der Waals surface area contributed by atoms with Crippen molar-refractivity contribution in [1.82, 2.24) is 15.5 Å². The number of nitrogens with zero attached hydrogens (tertiary/aromatic N) is 1. The Hall–Kier alpha value is -2.11. The van der Waals surface area contributed by atoms with Crippen molar-refractivity contribution in [3.05, 3.63) is 29.6 Å². The van der Waals surface area contributed by atoms with E-state index in [0.717, 1.165) is 24.1 Å². The summed E-state index contributed by atoms with van der Waals surface area (Å²) in [6.07, 6.45) is 8.11. The molecule has 1 aromatic rings. The molecule has 1 aliphatic rings. The van der Waals surface area contributed by atoms with Crippen molar-refractivity contribution in [3.63, 3.8) is 0 Å². The minimum atomic E-state index is -0.895. The van der Waals surface area contributed by atoms with Gasteiger partial charge in [0.2, 0.25) is 5.91 Å². The van der Waals surface area contributed by atoms with Crippen molar-refractivity contribution in [1.29, 1.82) is 0 Å². The lowest BCUT2D eigenvalue weighted by Crippen LogP contribution is -2.39. The van der Waals surface area contributed by atoms with Crippen LogP contribution in [0.2, 0.25) is 0 Å². The molecule has 1 amide bonds. The highest BCUT2D eigenvalue weighted by Crippen LogP contribution is 2.25. The molecular formula is C15H21N3O3. The average molecular weight is 291 g/mol. The van der Waals surface area contributed by atoms with E-state index in [0.29, 0.717) is 19.4 Å². The number of nitrogens with one attached hydrogen (secondary N) is 2. The summed E-state index contributed by atoms with van der Waals surface area (Å²) in [5.41, 5.74) is 2.19. The molecule has 0 fully saturated rings. The molecule has 0 radical (unpaired) electrons. The monoisotopic (exact) mass is 291 g/mol. The van der Waals surface area contributed by atoms with Gasteiger partial charge < -0.3 is 10.4 Å². The van der Waals surface area contributed by atoms with Crippen molar-refractivity contribution >= 4 is 11.9 Å². The molecular weight excluding hydrogens is 270 g/mol. The first-order valence-electron chi connectivity index (χ1n) is 7.24. The molecule has 0 saturated heterocycles. The smallest absolute Gasteiger partial charge is 0.307 e. The third-order valence-corrected chi connectivity index (χ3v) is 3.94. The summed E-state index contributed by atoms with van der Waals surface area (Å²) in [6, 6.07) is 0. The number of carbonyl (C=O) groups is 2. The van der Waals surface area contributed by atoms with E-state index in [1.54, 1.807) is 6.20 Å². The molecule has 0 unspecified atom stereocenters. The third-order valence-electron chi connectivity index (χ3n) is 3.94. The minimum Gasteiger partial charge on any atom is -0.481 e. The van der Waals surface area contributed by atoms with Crippen LogP contribution < -0.4 is 5.32 Å². The van der Waals surface area contributed by atoms with Crippen molar-refractivity contribution in [3.8, 4) is 0 Å². The summed E-state index contributed by atoms with van der Waals surface area (Å²) in [5, 5.41) is 18.8. The van der Waals surface area contributed by atoms with Gasteiger partial charge in [0.05, 0.1) is 18.0 Å². The highest BCUT2D eigenvalue weighted by Gasteiger charge is 2.33. The van der Waals surface area contributed by atoms with Crippen molar-refractivity contribution in [2.24, 2.45) is 11.8 Å². The van der Waals surface area contributed by atoms with Crippen LogP contribution in [0.25, 0.3) is 0 Å². The topological polar surface area (TPSA) is 95.1 Å². The van der Waals surface area contributed by atoms with Crippen molar-refractivity contribution in [2.45, 2.75) is 32.6 Å². The highest BCUT2D eigenvalue weighted by molar-refractivity contribution is 5.85. The number of aryl methyl sites for hydroxylation is 2. The van der Waals surface area contributed by atoms with E-state index in [2.05, 4.69) is 15.5 Å². The van der Waals surface area contributed by atoms with E-state index in [1.165, 1.54) is 0 Å². The van der Waals surface area contributed by atoms with Gasteiger partial charge in [-0.25, -0.2) is 0 Å². The standard InChI is InChI=1S/C15H21N3O3/c1-10-11(9-17-18-10)5-4-8-16-14(19)12-6-2-3-7-13(12)15(20)21/h2-3,9,12-13H,4-8H2,1H3,(H,16,19)(H,17,18)(H,20,21)/t12-,13+/m1/s1. The largest absolute Gasteiger partial charge is 0.481 e. The van der Waals surface area contributed by atoms with Crippen LogP contribution in [-0.2, 0) is 16.0 Å². The number of carboxylic acids is 1. The fraction of sp³-hybridized carbons (Fsp3) is 0.533. The lowest BCUT2D eigenvalue weighted by Gasteiger charge is -2.24. The first-order chi connectivity index (χ1) is 10.1. The average Bonchev–Trinajstić information content (AvgIpc) is 2.88. The van der Waals surface area contributed by atoms with E-state index in [4.69, 9.17) is 5.11 Å². The number of aromatic amines is 1. The molecule has 21 heavy (non-hydrogen) atoms. The number of hydrogen-bond donors (Lipinski definition) is 3. The van der Waals surface area contributed by atoms with Crippen LogP contribution in [0.4, 0.5) is 0 Å². The van der Waals surface area contributed by atoms with Crippen molar-refractivity contribution < 1.29 is 14.7 Å². The Bertz CT molecular complexity index is 536. The Kier molecular flexibility index (Phi) is 5.14. The summed E-state index contributed by atoms with van der Waals surface area (Å²) in [6.45, 7) is 2.52. The van der Waals surface area contributed by atoms with Crippen LogP contribution in [0.3, 0.4) is 0 Å². The van der Waals surface area contributed by atoms with Gasteiger partial charge in [0.25, 0.3) is 0 Å². The summed E-state index contributed by atoms with van der Waals surface area (Å²) < 4.78 is 0. The number of carboxylic acid groups (broad SMARTS) is 1. The quantitative estimate of drug-likeness (QED) is 0.546. The SMILES string of the molecule is Cc1[nH]ncc1CCCNC(=O)[C@@H]1CC=CC[C@@H]1C(=O)O. The van der Waals surface area contributed by atoms with E-state index < -0.39 is 17.8 Å². The zero-order valence-electron chi connectivity index (χ0n) is 12.1. The third kappa shape index (κ3) is 3.93. The summed E-state index contributed by atoms with van der Waals surface area (Å²) in [7, 11) is 0. The molecule has 114 valence electrons. The van der Waals surface area contributed by atoms with Crippen LogP contribution in [0.5, 0.6) is 0 Å². The summed E-state index contributed by atoms with van der Waals surface area (Å²) >= 11 is 0. The Labute approximate surface area is 123 Å². The molecule has 6 nitrogen and oxygen atoms in total. The van der Waals surface area contributed by atoms with Gasteiger partial charge >= 0.3 is 5.97 Å². The highest BCUT2D eigenvalue weighted by atomic mass is 16.4. The number of hydrogen-bond acceptors (Lipinski definition) is 3. The molecule has 0 bridgehead atoms. The second kappa shape index (κ2) is 7.06. The first-order valence-corrected chi connectivity index (χ1v) is 7.24. The van der Waals surface area contributed by atoms with Crippen LogP contribution >= 0.6 is 0 Å². The molecule has 2 rings (SSSR count). The number of aromatic nitrogens is 2. The number of H-pyrrole nitrogens is 1. The van der Waals surface area contributed by atoms with Gasteiger partial charge in [-0.15, -0.1) is 0 Å². The normalized spacial score (nSPS) is 21.2. The molecule has 0 spiro atoms. The molecule has 1 aromatic heterocycles. The van der Waals surface area contributed by atoms with E-state index in [-0.39, 0.29) is 5.91 Å². The predicted octanol–water partition coefficient (Wildman–Crippen LogP) is 1.43. The second-order valence-electron chi connectivity index (χ2n) is 5.41. The maximum absolute atomic E-state index is 12.1. The van der Waals surface area contributed by atoms with Gasteiger partial charge in [0, 0.05) is 12.2 Å². The zero-order chi connectivity index (χ0) is 15.2. The van der Waals surface area contributed by atoms with Gasteiger partial charge in [0.1, 0.15) is 0 Å². The Morgan fingerprint density at radius 3 is 2.71 bits per heavy atom. The molecule has 6 heteroatoms. The molecule has 1 heterocycles. The maximum atomic E-state index is 12.1. The molecule has 0 aliphatic heterocycles. The van der Waals surface area contributed by atoms with Crippen LogP contribution in [0.1, 0.15) is 30.5 Å². The fourth-order valence-electron chi connectivity index (χ4n) is 2.63. The maximum Gasteiger partial charge on any atom is 0.307 e. The summed E-state index contributed by atoms with van der Waals surface area (Å²) in [5.74, 6) is -2.11. The van der Waals surface area contributed by atoms with Gasteiger partial charge in [0.15, 0.2) is 0 Å². The van der Waals surface area contributed by atoms with Gasteiger partial charge in [-0.2, -0.15) is 5.10 Å². The second-order valence-corrected chi connectivity index (χ2v) is 5.41. The van der Waals surface area contributed by atoms with Gasteiger partial charge in [-0.1, -0.05) is 12.2 Å². The van der Waals surface area contributed by atoms with E-state index in [9.17, 15) is 9.59 Å². The Balaban J connectivity index is 1.77. The van der Waals surface area contributed by atoms with Gasteiger partial charge in [-0.05, 0) is 38.2 Å². The number of aliphatic carboxylic acids is 1. The van der Waals surface area contributed by atoms with E-state index >= 15 is 0 Å². The lowest BCUT2D eigenvalue weighted by atomic mass is 9.82. The van der Waals surface area contributed by atoms with Crippen LogP contribution in [0, 0.1) is 18.8 Å². The Morgan fingerprint density at radius 2 is 2.10 bits per heavy atom. The predicted molar refractivity (Wildman–Crippen MR) is 77.6 cm³/mol. The van der Waals surface area contributed by atoms with Crippen LogP contribution in [0.15, 0.2) is 18.3 Å². The number of allylic oxidation sites excluding steroid dienone is 2. The Morgan fingerprint density at radius 1 is 1.38 bits per heavy atom. The molecule has 0 saturated carbocycles. The first kappa shape index (κ1) is 15.3. The zero-order valence-corrected chi connectivity index (χ0v) is 12.1. The number of rotatable bonds is 6. The van der Waals surface area contributed by atoms with Crippen LogP contribution in [-0.4, -0.2) is 33.7 Å². The summed E-state index contributed by atoms with van der Waals surface area (Å²) in [4.78, 5) is 23.3. The minimum absolute atomic E-state index is 0.157. The van der Waals surface area contributed by atoms with Crippen molar-refractivity contribution in [2.75, 3.05) is 6.54 Å². The molecule has 1 aliphatic carbocycles. The number of carbonyl (C=O) groups excluding carboxylic acids is 1. The molecule has 0 aromatic carbocycles. The van der Waals surface area contributed by atoms with Gasteiger partial charge in [-0.3, -0.25) is 14.7 Å². The molecule has 2 atom stereocenters. The molecule has 3 N–H and O–H groups in total.